The van der Waals surface area contributed by atoms with Crippen LogP contribution in [0, 0.1) is 5.92 Å². The fourth-order valence-electron chi connectivity index (χ4n) is 1.58. The second kappa shape index (κ2) is 6.11. The van der Waals surface area contributed by atoms with Crippen LogP contribution >= 0.6 is 0 Å². The summed E-state index contributed by atoms with van der Waals surface area (Å²) < 4.78 is 0. The van der Waals surface area contributed by atoms with Gasteiger partial charge in [-0.15, -0.1) is 0 Å². The standard InChI is InChI=1S/C12H25NO2/c1-9(2)7-6-8-10(3)13-12(4,5)11(14)15/h9-10,13H,6-8H2,1-5H3,(H,14,15). The molecule has 0 amide bonds. The van der Waals surface area contributed by atoms with E-state index in [1.807, 2.05) is 6.92 Å². The van der Waals surface area contributed by atoms with Gasteiger partial charge in [0.05, 0.1) is 0 Å². The van der Waals surface area contributed by atoms with E-state index in [1.54, 1.807) is 13.8 Å². The first-order valence-electron chi connectivity index (χ1n) is 5.76. The van der Waals surface area contributed by atoms with Gasteiger partial charge in [0.2, 0.25) is 0 Å². The first-order chi connectivity index (χ1) is 6.75. The monoisotopic (exact) mass is 215 g/mol. The number of hydrogen-bond acceptors (Lipinski definition) is 2. The van der Waals surface area contributed by atoms with E-state index in [-0.39, 0.29) is 6.04 Å². The molecular weight excluding hydrogens is 190 g/mol. The lowest BCUT2D eigenvalue weighted by Crippen LogP contribution is -2.50. The Morgan fingerprint density at radius 2 is 1.80 bits per heavy atom. The average Bonchev–Trinajstić information content (AvgIpc) is 2.01. The van der Waals surface area contributed by atoms with Crippen molar-refractivity contribution in [2.45, 2.75) is 65.5 Å². The van der Waals surface area contributed by atoms with Gasteiger partial charge in [0.25, 0.3) is 0 Å². The van der Waals surface area contributed by atoms with Crippen molar-refractivity contribution < 1.29 is 9.90 Å². The first kappa shape index (κ1) is 14.4. The quantitative estimate of drug-likeness (QED) is 0.686. The highest BCUT2D eigenvalue weighted by Gasteiger charge is 2.27. The molecule has 15 heavy (non-hydrogen) atoms. The third-order valence-corrected chi connectivity index (χ3v) is 2.56. The van der Waals surface area contributed by atoms with Gasteiger partial charge in [-0.25, -0.2) is 0 Å². The van der Waals surface area contributed by atoms with Crippen LogP contribution in [-0.4, -0.2) is 22.7 Å². The second-order valence-corrected chi connectivity index (χ2v) is 5.30. The summed E-state index contributed by atoms with van der Waals surface area (Å²) >= 11 is 0. The van der Waals surface area contributed by atoms with Crippen LogP contribution in [0.15, 0.2) is 0 Å². The number of aliphatic carboxylic acids is 1. The molecule has 0 aromatic rings. The zero-order chi connectivity index (χ0) is 12.1. The molecule has 0 aromatic carbocycles. The number of rotatable bonds is 7. The molecule has 1 unspecified atom stereocenters. The molecule has 2 N–H and O–H groups in total. The first-order valence-corrected chi connectivity index (χ1v) is 5.76. The van der Waals surface area contributed by atoms with Gasteiger partial charge in [0, 0.05) is 6.04 Å². The Morgan fingerprint density at radius 3 is 2.20 bits per heavy atom. The minimum Gasteiger partial charge on any atom is -0.480 e. The van der Waals surface area contributed by atoms with Crippen LogP contribution in [-0.2, 0) is 4.79 Å². The predicted molar refractivity (Wildman–Crippen MR) is 63.0 cm³/mol. The van der Waals surface area contributed by atoms with E-state index >= 15 is 0 Å². The largest absolute Gasteiger partial charge is 0.480 e. The highest BCUT2D eigenvalue weighted by atomic mass is 16.4. The lowest BCUT2D eigenvalue weighted by Gasteiger charge is -2.26. The van der Waals surface area contributed by atoms with Gasteiger partial charge < -0.3 is 5.11 Å². The van der Waals surface area contributed by atoms with Gasteiger partial charge in [0.15, 0.2) is 0 Å². The van der Waals surface area contributed by atoms with Crippen LogP contribution in [0.3, 0.4) is 0 Å². The highest BCUT2D eigenvalue weighted by Crippen LogP contribution is 2.11. The summed E-state index contributed by atoms with van der Waals surface area (Å²) in [6, 6.07) is 0.259. The van der Waals surface area contributed by atoms with E-state index in [2.05, 4.69) is 19.2 Å². The highest BCUT2D eigenvalue weighted by molar-refractivity contribution is 5.77. The van der Waals surface area contributed by atoms with Crippen molar-refractivity contribution in [3.63, 3.8) is 0 Å². The summed E-state index contributed by atoms with van der Waals surface area (Å²) in [6.45, 7) is 9.87. The fraction of sp³-hybridized carbons (Fsp3) is 0.917. The molecule has 0 saturated carbocycles. The third kappa shape index (κ3) is 6.50. The van der Waals surface area contributed by atoms with Crippen molar-refractivity contribution in [1.82, 2.24) is 5.32 Å². The molecule has 0 radical (unpaired) electrons. The van der Waals surface area contributed by atoms with Crippen molar-refractivity contribution in [3.05, 3.63) is 0 Å². The molecule has 0 aliphatic heterocycles. The molecule has 0 aliphatic rings. The normalized spacial score (nSPS) is 14.3. The molecule has 3 nitrogen and oxygen atoms in total. The van der Waals surface area contributed by atoms with E-state index in [9.17, 15) is 4.79 Å². The molecule has 3 heteroatoms. The molecule has 0 aromatic heterocycles. The van der Waals surface area contributed by atoms with Gasteiger partial charge >= 0.3 is 5.97 Å². The molecular formula is C12H25NO2. The molecule has 0 aliphatic carbocycles. The zero-order valence-corrected chi connectivity index (χ0v) is 10.6. The Morgan fingerprint density at radius 1 is 1.27 bits per heavy atom. The number of carbonyl (C=O) groups is 1. The predicted octanol–water partition coefficient (Wildman–Crippen LogP) is 2.65. The van der Waals surface area contributed by atoms with Gasteiger partial charge in [-0.05, 0) is 33.1 Å². The molecule has 90 valence electrons. The average molecular weight is 215 g/mol. The van der Waals surface area contributed by atoms with Gasteiger partial charge in [-0.3, -0.25) is 10.1 Å². The molecule has 0 heterocycles. The Balaban J connectivity index is 3.83. The summed E-state index contributed by atoms with van der Waals surface area (Å²) in [5, 5.41) is 12.1. The maximum atomic E-state index is 10.9. The van der Waals surface area contributed by atoms with Crippen molar-refractivity contribution in [3.8, 4) is 0 Å². The Kier molecular flexibility index (Phi) is 5.88. The van der Waals surface area contributed by atoms with Gasteiger partial charge in [-0.1, -0.05) is 26.7 Å². The topological polar surface area (TPSA) is 49.3 Å². The van der Waals surface area contributed by atoms with Gasteiger partial charge in [-0.2, -0.15) is 0 Å². The third-order valence-electron chi connectivity index (χ3n) is 2.56. The van der Waals surface area contributed by atoms with E-state index in [0.717, 1.165) is 18.8 Å². The van der Waals surface area contributed by atoms with Gasteiger partial charge in [0.1, 0.15) is 5.54 Å². The van der Waals surface area contributed by atoms with E-state index in [4.69, 9.17) is 5.11 Å². The molecule has 0 rings (SSSR count). The van der Waals surface area contributed by atoms with Crippen LogP contribution in [0.25, 0.3) is 0 Å². The molecule has 0 fully saturated rings. The van der Waals surface area contributed by atoms with Crippen molar-refractivity contribution in [2.24, 2.45) is 5.92 Å². The summed E-state index contributed by atoms with van der Waals surface area (Å²) in [6.07, 6.45) is 3.40. The fourth-order valence-corrected chi connectivity index (χ4v) is 1.58. The van der Waals surface area contributed by atoms with Crippen molar-refractivity contribution in [1.29, 1.82) is 0 Å². The van der Waals surface area contributed by atoms with E-state index < -0.39 is 11.5 Å². The van der Waals surface area contributed by atoms with Crippen molar-refractivity contribution in [2.75, 3.05) is 0 Å². The zero-order valence-electron chi connectivity index (χ0n) is 10.6. The summed E-state index contributed by atoms with van der Waals surface area (Å²) in [4.78, 5) is 10.9. The minimum atomic E-state index is -0.822. The minimum absolute atomic E-state index is 0.259. The summed E-state index contributed by atoms with van der Waals surface area (Å²) in [7, 11) is 0. The van der Waals surface area contributed by atoms with Crippen LogP contribution in [0.1, 0.15) is 53.9 Å². The maximum absolute atomic E-state index is 10.9. The van der Waals surface area contributed by atoms with Crippen LogP contribution in [0.2, 0.25) is 0 Å². The Labute approximate surface area is 93.3 Å². The van der Waals surface area contributed by atoms with E-state index in [0.29, 0.717) is 0 Å². The molecule has 1 atom stereocenters. The maximum Gasteiger partial charge on any atom is 0.323 e. The van der Waals surface area contributed by atoms with E-state index in [1.165, 1.54) is 6.42 Å². The number of nitrogens with one attached hydrogen (secondary N) is 1. The smallest absolute Gasteiger partial charge is 0.323 e. The lowest BCUT2D eigenvalue weighted by atomic mass is 10.0. The number of hydrogen-bond donors (Lipinski definition) is 2. The summed E-state index contributed by atoms with van der Waals surface area (Å²) in [5.74, 6) is -0.0668. The van der Waals surface area contributed by atoms with Crippen LogP contribution < -0.4 is 5.32 Å². The summed E-state index contributed by atoms with van der Waals surface area (Å²) in [5.41, 5.74) is -0.822. The second-order valence-electron chi connectivity index (χ2n) is 5.30. The Hall–Kier alpha value is -0.570. The number of carboxylic acid groups (broad SMARTS) is 1. The van der Waals surface area contributed by atoms with Crippen molar-refractivity contribution >= 4 is 5.97 Å². The van der Waals surface area contributed by atoms with Crippen LogP contribution in [0.5, 0.6) is 0 Å². The molecule has 0 spiro atoms. The molecule has 0 bridgehead atoms. The van der Waals surface area contributed by atoms with Crippen LogP contribution in [0.4, 0.5) is 0 Å². The number of carboxylic acids is 1. The lowest BCUT2D eigenvalue weighted by molar-refractivity contribution is -0.143. The molecule has 0 saturated heterocycles. The Bertz CT molecular complexity index is 200. The SMILES string of the molecule is CC(C)CCCC(C)NC(C)(C)C(=O)O.